The highest BCUT2D eigenvalue weighted by Crippen LogP contribution is 2.50. The van der Waals surface area contributed by atoms with E-state index in [1.165, 1.54) is 12.5 Å². The van der Waals surface area contributed by atoms with Crippen LogP contribution in [0.3, 0.4) is 0 Å². The van der Waals surface area contributed by atoms with Crippen molar-refractivity contribution in [3.63, 3.8) is 0 Å². The predicted octanol–water partition coefficient (Wildman–Crippen LogP) is 6.01. The van der Waals surface area contributed by atoms with E-state index in [2.05, 4.69) is 28.9 Å². The van der Waals surface area contributed by atoms with Gasteiger partial charge in [0.2, 0.25) is 5.91 Å². The first kappa shape index (κ1) is 28.1. The topological polar surface area (TPSA) is 71.7 Å². The van der Waals surface area contributed by atoms with Crippen LogP contribution in [0.4, 0.5) is 10.4 Å². The molecule has 0 spiro atoms. The molecule has 0 N–H and O–H groups in total. The Hall–Kier alpha value is -2.90. The highest BCUT2D eigenvalue weighted by molar-refractivity contribution is 5.79. The first-order valence-corrected chi connectivity index (χ1v) is 14.2. The van der Waals surface area contributed by atoms with Crippen molar-refractivity contribution < 1.29 is 18.4 Å². The average molecular weight is 527 g/mol. The number of nitrogens with zero attached hydrogens (tertiary/aromatic N) is 4. The van der Waals surface area contributed by atoms with Gasteiger partial charge in [0.05, 0.1) is 13.0 Å². The maximum atomic E-state index is 14.7. The van der Waals surface area contributed by atoms with E-state index in [9.17, 15) is 9.18 Å². The van der Waals surface area contributed by atoms with E-state index in [0.29, 0.717) is 29.9 Å². The SMILES string of the molecule is C/C=C\C(CC)N(C)C(=O)Cc1ccc(OCCC2CC2C2CCN(c3nc(C(C)C)no3)CC2)cc1F. The van der Waals surface area contributed by atoms with Crippen LogP contribution in [0.2, 0.25) is 0 Å². The van der Waals surface area contributed by atoms with Gasteiger partial charge in [-0.2, -0.15) is 4.98 Å². The molecule has 1 aliphatic carbocycles. The Bertz CT molecular complexity index is 1090. The van der Waals surface area contributed by atoms with E-state index in [1.54, 1.807) is 24.1 Å². The second kappa shape index (κ2) is 12.8. The minimum Gasteiger partial charge on any atom is -0.493 e. The summed E-state index contributed by atoms with van der Waals surface area (Å²) in [5.41, 5.74) is 0.402. The van der Waals surface area contributed by atoms with Gasteiger partial charge < -0.3 is 19.1 Å². The number of carbonyl (C=O) groups is 1. The molecule has 0 radical (unpaired) electrons. The molecule has 3 atom stereocenters. The number of halogens is 1. The summed E-state index contributed by atoms with van der Waals surface area (Å²) in [6, 6.07) is 5.54. The van der Waals surface area contributed by atoms with Crippen LogP contribution in [0.15, 0.2) is 34.9 Å². The van der Waals surface area contributed by atoms with Crippen LogP contribution in [0.5, 0.6) is 5.75 Å². The van der Waals surface area contributed by atoms with E-state index in [4.69, 9.17) is 9.26 Å². The van der Waals surface area contributed by atoms with Crippen LogP contribution in [0.25, 0.3) is 0 Å². The third kappa shape index (κ3) is 6.94. The lowest BCUT2D eigenvalue weighted by Gasteiger charge is -2.30. The van der Waals surface area contributed by atoms with Gasteiger partial charge in [-0.1, -0.05) is 44.1 Å². The van der Waals surface area contributed by atoms with E-state index in [1.807, 2.05) is 26.0 Å². The van der Waals surface area contributed by atoms with E-state index in [0.717, 1.165) is 56.4 Å². The number of ether oxygens (including phenoxy) is 1. The number of hydrogen-bond acceptors (Lipinski definition) is 6. The Kier molecular flexibility index (Phi) is 9.44. The third-order valence-electron chi connectivity index (χ3n) is 8.19. The van der Waals surface area contributed by atoms with Gasteiger partial charge in [0, 0.05) is 38.2 Å². The Morgan fingerprint density at radius 1 is 1.32 bits per heavy atom. The molecule has 1 aromatic carbocycles. The monoisotopic (exact) mass is 526 g/mol. The third-order valence-corrected chi connectivity index (χ3v) is 8.19. The molecule has 1 aromatic heterocycles. The predicted molar refractivity (Wildman–Crippen MR) is 147 cm³/mol. The van der Waals surface area contributed by atoms with Crippen molar-refractivity contribution in [3.05, 3.63) is 47.6 Å². The van der Waals surface area contributed by atoms with Crippen LogP contribution >= 0.6 is 0 Å². The lowest BCUT2D eigenvalue weighted by atomic mass is 9.90. The number of aromatic nitrogens is 2. The quantitative estimate of drug-likeness (QED) is 0.316. The average Bonchev–Trinajstić information content (AvgIpc) is 3.50. The maximum absolute atomic E-state index is 14.7. The molecule has 1 saturated carbocycles. The summed E-state index contributed by atoms with van der Waals surface area (Å²) in [5, 5.41) is 4.09. The molecule has 2 heterocycles. The van der Waals surface area contributed by atoms with Gasteiger partial charge in [-0.05, 0) is 68.4 Å². The second-order valence-corrected chi connectivity index (χ2v) is 11.1. The summed E-state index contributed by atoms with van der Waals surface area (Å²) in [6.45, 7) is 10.6. The minimum absolute atomic E-state index is 0.0280. The number of amides is 1. The minimum atomic E-state index is -0.388. The largest absolute Gasteiger partial charge is 0.493 e. The number of carbonyl (C=O) groups excluding carboxylic acids is 1. The highest BCUT2D eigenvalue weighted by atomic mass is 19.1. The summed E-state index contributed by atoms with van der Waals surface area (Å²) in [6.07, 6.45) is 9.34. The molecule has 1 saturated heterocycles. The lowest BCUT2D eigenvalue weighted by molar-refractivity contribution is -0.130. The van der Waals surface area contributed by atoms with E-state index < -0.39 is 0 Å². The van der Waals surface area contributed by atoms with Gasteiger partial charge in [0.1, 0.15) is 11.6 Å². The Morgan fingerprint density at radius 3 is 2.71 bits per heavy atom. The fourth-order valence-electron chi connectivity index (χ4n) is 5.61. The molecular formula is C30H43FN4O3. The molecule has 2 aromatic rings. The summed E-state index contributed by atoms with van der Waals surface area (Å²) < 4.78 is 26.1. The first-order valence-electron chi connectivity index (χ1n) is 14.2. The zero-order chi connectivity index (χ0) is 27.2. The lowest BCUT2D eigenvalue weighted by Crippen LogP contribution is -2.36. The van der Waals surface area contributed by atoms with Crippen LogP contribution < -0.4 is 9.64 Å². The number of hydrogen-bond donors (Lipinski definition) is 0. The number of allylic oxidation sites excluding steroid dienone is 1. The second-order valence-electron chi connectivity index (χ2n) is 11.1. The Labute approximate surface area is 226 Å². The standard InChI is InChI=1S/C30H43FN4O3/c1-6-8-24(7-2)34(5)28(36)18-23-9-10-25(19-27(23)31)37-16-13-22-17-26(22)21-11-14-35(15-12-21)30-32-29(20(3)4)33-38-30/h6,8-10,19-22,24,26H,7,11-18H2,1-5H3/b8-6-. The molecule has 2 fully saturated rings. The first-order chi connectivity index (χ1) is 18.3. The van der Waals surface area contributed by atoms with Crippen LogP contribution in [0.1, 0.15) is 77.1 Å². The fraction of sp³-hybridized carbons (Fsp3) is 0.633. The van der Waals surface area contributed by atoms with Gasteiger partial charge in [-0.3, -0.25) is 4.79 Å². The van der Waals surface area contributed by atoms with Gasteiger partial charge >= 0.3 is 6.01 Å². The van der Waals surface area contributed by atoms with Gasteiger partial charge in [0.25, 0.3) is 0 Å². The zero-order valence-corrected chi connectivity index (χ0v) is 23.5. The molecule has 7 nitrogen and oxygen atoms in total. The van der Waals surface area contributed by atoms with Gasteiger partial charge in [-0.15, -0.1) is 0 Å². The Balaban J connectivity index is 1.17. The van der Waals surface area contributed by atoms with Crippen molar-refractivity contribution in [2.24, 2.45) is 17.8 Å². The van der Waals surface area contributed by atoms with Crippen LogP contribution in [-0.2, 0) is 11.2 Å². The van der Waals surface area contributed by atoms with Crippen LogP contribution in [-0.4, -0.2) is 53.7 Å². The summed E-state index contributed by atoms with van der Waals surface area (Å²) in [7, 11) is 1.77. The maximum Gasteiger partial charge on any atom is 0.324 e. The number of benzene rings is 1. The molecule has 8 heteroatoms. The fourth-order valence-corrected chi connectivity index (χ4v) is 5.61. The van der Waals surface area contributed by atoms with Crippen molar-refractivity contribution in [2.45, 2.75) is 78.2 Å². The molecule has 1 aliphatic heterocycles. The van der Waals surface area contributed by atoms with Crippen molar-refractivity contribution in [2.75, 3.05) is 31.6 Å². The molecule has 3 unspecified atom stereocenters. The van der Waals surface area contributed by atoms with Crippen molar-refractivity contribution in [1.82, 2.24) is 15.0 Å². The van der Waals surface area contributed by atoms with Gasteiger partial charge in [-0.25, -0.2) is 4.39 Å². The Morgan fingerprint density at radius 2 is 2.08 bits per heavy atom. The molecular weight excluding hydrogens is 483 g/mol. The highest BCUT2D eigenvalue weighted by Gasteiger charge is 2.43. The summed E-state index contributed by atoms with van der Waals surface area (Å²) in [4.78, 5) is 21.1. The van der Waals surface area contributed by atoms with Gasteiger partial charge in [0.15, 0.2) is 5.82 Å². The molecule has 0 bridgehead atoms. The van der Waals surface area contributed by atoms with Crippen molar-refractivity contribution in [3.8, 4) is 5.75 Å². The molecule has 1 amide bonds. The molecule has 208 valence electrons. The number of anilines is 1. The normalized spacial score (nSPS) is 20.8. The van der Waals surface area contributed by atoms with E-state index >= 15 is 0 Å². The van der Waals surface area contributed by atoms with Crippen LogP contribution in [0, 0.1) is 23.6 Å². The zero-order valence-electron chi connectivity index (χ0n) is 23.5. The summed E-state index contributed by atoms with van der Waals surface area (Å²) >= 11 is 0. The number of piperidine rings is 1. The van der Waals surface area contributed by atoms with Crippen molar-refractivity contribution in [1.29, 1.82) is 0 Å². The number of likely N-dealkylation sites (N-methyl/N-ethyl adjacent to an activating group) is 1. The summed E-state index contributed by atoms with van der Waals surface area (Å²) in [5.74, 6) is 3.26. The smallest absolute Gasteiger partial charge is 0.324 e. The molecule has 38 heavy (non-hydrogen) atoms. The van der Waals surface area contributed by atoms with Crippen molar-refractivity contribution >= 4 is 11.9 Å². The molecule has 4 rings (SSSR count). The molecule has 2 aliphatic rings. The van der Waals surface area contributed by atoms with E-state index in [-0.39, 0.29) is 30.1 Å². The number of rotatable bonds is 12.